The molecule has 178 valence electrons. The lowest BCUT2D eigenvalue weighted by Gasteiger charge is -2.22. The number of nitrogens with zero attached hydrogens (tertiary/aromatic N) is 1. The minimum absolute atomic E-state index is 0.0409. The number of ether oxygens (including phenoxy) is 1. The first-order valence-corrected chi connectivity index (χ1v) is 12.1. The molecule has 0 spiro atoms. The van der Waals surface area contributed by atoms with E-state index < -0.39 is 21.7 Å². The summed E-state index contributed by atoms with van der Waals surface area (Å²) in [6.45, 7) is 1.16. The van der Waals surface area contributed by atoms with Crippen molar-refractivity contribution in [3.63, 3.8) is 0 Å². The number of hydrogen-bond donors (Lipinski definition) is 2. The number of carbonyl (C=O) groups excluding carboxylic acids is 2. The fraction of sp³-hybridized carbons (Fsp3) is 0.167. The van der Waals surface area contributed by atoms with Gasteiger partial charge in [0, 0.05) is 18.3 Å². The predicted octanol–water partition coefficient (Wildman–Crippen LogP) is 3.77. The van der Waals surface area contributed by atoms with Gasteiger partial charge in [-0.05, 0) is 60.2 Å². The molecule has 0 fully saturated rings. The van der Waals surface area contributed by atoms with Crippen molar-refractivity contribution in [3.8, 4) is 5.75 Å². The molecule has 0 bridgehead atoms. The Labute approximate surface area is 197 Å². The predicted molar refractivity (Wildman–Crippen MR) is 129 cm³/mol. The standard InChI is InChI=1S/C24H24FN3O5S/c1-17(29)26-20-4-3-5-21(14-20)27-24(30)16-33-23-12-10-22(11-13-23)28(34(2,31)32)15-18-6-8-19(25)9-7-18/h3-14H,15-16H2,1-2H3,(H,26,29)(H,27,30). The minimum Gasteiger partial charge on any atom is -0.484 e. The highest BCUT2D eigenvalue weighted by molar-refractivity contribution is 7.92. The lowest BCUT2D eigenvalue weighted by atomic mass is 10.2. The van der Waals surface area contributed by atoms with Gasteiger partial charge < -0.3 is 15.4 Å². The molecule has 0 heterocycles. The Bertz CT molecular complexity index is 1260. The highest BCUT2D eigenvalue weighted by Crippen LogP contribution is 2.24. The van der Waals surface area contributed by atoms with Gasteiger partial charge in [0.25, 0.3) is 5.91 Å². The summed E-state index contributed by atoms with van der Waals surface area (Å²) < 4.78 is 44.4. The number of nitrogens with one attached hydrogen (secondary N) is 2. The molecule has 0 aromatic heterocycles. The third kappa shape index (κ3) is 7.31. The third-order valence-corrected chi connectivity index (χ3v) is 5.74. The maximum absolute atomic E-state index is 13.2. The first-order chi connectivity index (χ1) is 16.1. The van der Waals surface area contributed by atoms with E-state index in [2.05, 4.69) is 10.6 Å². The van der Waals surface area contributed by atoms with Gasteiger partial charge in [-0.3, -0.25) is 13.9 Å². The molecule has 2 amide bonds. The Kier molecular flexibility index (Phi) is 7.85. The van der Waals surface area contributed by atoms with E-state index in [-0.39, 0.29) is 19.1 Å². The van der Waals surface area contributed by atoms with E-state index in [9.17, 15) is 22.4 Å². The van der Waals surface area contributed by atoms with Crippen LogP contribution in [0.15, 0.2) is 72.8 Å². The molecule has 0 radical (unpaired) electrons. The number of carbonyl (C=O) groups is 2. The summed E-state index contributed by atoms with van der Waals surface area (Å²) in [6.07, 6.45) is 1.09. The van der Waals surface area contributed by atoms with Crippen LogP contribution in [-0.2, 0) is 26.2 Å². The van der Waals surface area contributed by atoms with E-state index in [4.69, 9.17) is 4.74 Å². The molecule has 34 heavy (non-hydrogen) atoms. The van der Waals surface area contributed by atoms with E-state index in [1.165, 1.54) is 35.5 Å². The van der Waals surface area contributed by atoms with Crippen LogP contribution in [0, 0.1) is 5.82 Å². The molecule has 3 aromatic rings. The Morgan fingerprint density at radius 2 is 1.56 bits per heavy atom. The first kappa shape index (κ1) is 24.7. The van der Waals surface area contributed by atoms with Crippen molar-refractivity contribution < 1.29 is 27.1 Å². The van der Waals surface area contributed by atoms with Crippen molar-refractivity contribution in [3.05, 3.63) is 84.2 Å². The summed E-state index contributed by atoms with van der Waals surface area (Å²) in [5.41, 5.74) is 2.09. The Hall–Kier alpha value is -3.92. The molecule has 10 heteroatoms. The molecule has 0 atom stereocenters. The Balaban J connectivity index is 1.61. The van der Waals surface area contributed by atoms with Gasteiger partial charge in [0.05, 0.1) is 18.5 Å². The van der Waals surface area contributed by atoms with Gasteiger partial charge in [0.2, 0.25) is 15.9 Å². The highest BCUT2D eigenvalue weighted by Gasteiger charge is 2.18. The molecular formula is C24H24FN3O5S. The number of sulfonamides is 1. The van der Waals surface area contributed by atoms with Crippen LogP contribution in [0.4, 0.5) is 21.5 Å². The number of benzene rings is 3. The van der Waals surface area contributed by atoms with Crippen LogP contribution in [0.5, 0.6) is 5.75 Å². The average Bonchev–Trinajstić information content (AvgIpc) is 2.77. The smallest absolute Gasteiger partial charge is 0.262 e. The van der Waals surface area contributed by atoms with Crippen LogP contribution in [0.1, 0.15) is 12.5 Å². The summed E-state index contributed by atoms with van der Waals surface area (Å²) in [4.78, 5) is 23.4. The quantitative estimate of drug-likeness (QED) is 0.480. The monoisotopic (exact) mass is 485 g/mol. The topological polar surface area (TPSA) is 105 Å². The van der Waals surface area contributed by atoms with Crippen LogP contribution < -0.4 is 19.7 Å². The van der Waals surface area contributed by atoms with E-state index in [0.717, 1.165) is 6.26 Å². The Morgan fingerprint density at radius 3 is 2.15 bits per heavy atom. The molecule has 0 aliphatic carbocycles. The van der Waals surface area contributed by atoms with E-state index in [1.54, 1.807) is 48.5 Å². The van der Waals surface area contributed by atoms with Gasteiger partial charge in [-0.2, -0.15) is 0 Å². The fourth-order valence-corrected chi connectivity index (χ4v) is 3.98. The van der Waals surface area contributed by atoms with Crippen molar-refractivity contribution >= 4 is 38.9 Å². The van der Waals surface area contributed by atoms with Gasteiger partial charge in [0.1, 0.15) is 11.6 Å². The summed E-state index contributed by atoms with van der Waals surface area (Å²) >= 11 is 0. The van der Waals surface area contributed by atoms with Crippen molar-refractivity contribution in [2.45, 2.75) is 13.5 Å². The second-order valence-electron chi connectivity index (χ2n) is 7.49. The maximum Gasteiger partial charge on any atom is 0.262 e. The van der Waals surface area contributed by atoms with Gasteiger partial charge in [-0.1, -0.05) is 18.2 Å². The van der Waals surface area contributed by atoms with Gasteiger partial charge in [0.15, 0.2) is 6.61 Å². The summed E-state index contributed by atoms with van der Waals surface area (Å²) in [6, 6.07) is 18.5. The molecule has 0 aliphatic rings. The normalized spacial score (nSPS) is 10.9. The number of anilines is 3. The second kappa shape index (κ2) is 10.8. The SMILES string of the molecule is CC(=O)Nc1cccc(NC(=O)COc2ccc(N(Cc3ccc(F)cc3)S(C)(=O)=O)cc2)c1. The summed E-state index contributed by atoms with van der Waals surface area (Å²) in [5.74, 6) is -0.651. The van der Waals surface area contributed by atoms with Crippen LogP contribution in [-0.4, -0.2) is 33.1 Å². The van der Waals surface area contributed by atoms with Crippen LogP contribution >= 0.6 is 0 Å². The molecule has 0 saturated heterocycles. The van der Waals surface area contributed by atoms with E-state index in [1.807, 2.05) is 0 Å². The van der Waals surface area contributed by atoms with E-state index >= 15 is 0 Å². The summed E-state index contributed by atoms with van der Waals surface area (Å²) in [7, 11) is -3.60. The fourth-order valence-electron chi connectivity index (χ4n) is 3.09. The molecule has 0 saturated carbocycles. The van der Waals surface area contributed by atoms with Gasteiger partial charge in [-0.15, -0.1) is 0 Å². The zero-order valence-electron chi connectivity index (χ0n) is 18.6. The average molecular weight is 486 g/mol. The maximum atomic E-state index is 13.2. The van der Waals surface area contributed by atoms with Crippen molar-refractivity contribution in [2.24, 2.45) is 0 Å². The second-order valence-corrected chi connectivity index (χ2v) is 9.40. The largest absolute Gasteiger partial charge is 0.484 e. The van der Waals surface area contributed by atoms with Crippen molar-refractivity contribution in [1.82, 2.24) is 0 Å². The number of halogens is 1. The molecule has 8 nitrogen and oxygen atoms in total. The Morgan fingerprint density at radius 1 is 0.941 bits per heavy atom. The lowest BCUT2D eigenvalue weighted by molar-refractivity contribution is -0.118. The summed E-state index contributed by atoms with van der Waals surface area (Å²) in [5, 5.41) is 5.31. The molecule has 3 aromatic carbocycles. The van der Waals surface area contributed by atoms with Gasteiger partial charge in [-0.25, -0.2) is 12.8 Å². The van der Waals surface area contributed by atoms with Crippen LogP contribution in [0.2, 0.25) is 0 Å². The zero-order valence-corrected chi connectivity index (χ0v) is 19.4. The lowest BCUT2D eigenvalue weighted by Crippen LogP contribution is -2.29. The van der Waals surface area contributed by atoms with Crippen molar-refractivity contribution in [1.29, 1.82) is 0 Å². The van der Waals surface area contributed by atoms with E-state index in [0.29, 0.717) is 28.4 Å². The molecular weight excluding hydrogens is 461 g/mol. The molecule has 2 N–H and O–H groups in total. The van der Waals surface area contributed by atoms with Crippen molar-refractivity contribution in [2.75, 3.05) is 27.8 Å². The van der Waals surface area contributed by atoms with Crippen LogP contribution in [0.25, 0.3) is 0 Å². The molecule has 3 rings (SSSR count). The van der Waals surface area contributed by atoms with Gasteiger partial charge >= 0.3 is 0 Å². The van der Waals surface area contributed by atoms with Crippen LogP contribution in [0.3, 0.4) is 0 Å². The molecule has 0 unspecified atom stereocenters. The number of amides is 2. The minimum atomic E-state index is -3.60. The zero-order chi connectivity index (χ0) is 24.7. The third-order valence-electron chi connectivity index (χ3n) is 4.60. The number of rotatable bonds is 9. The highest BCUT2D eigenvalue weighted by atomic mass is 32.2. The number of hydrogen-bond acceptors (Lipinski definition) is 5. The first-order valence-electron chi connectivity index (χ1n) is 10.2. The molecule has 0 aliphatic heterocycles.